The van der Waals surface area contributed by atoms with Crippen molar-refractivity contribution in [3.8, 4) is 6.07 Å². The molecule has 88 valence electrons. The number of hydrogen-bond donors (Lipinski definition) is 2. The van der Waals surface area contributed by atoms with Gasteiger partial charge in [0.15, 0.2) is 11.6 Å². The lowest BCUT2D eigenvalue weighted by Crippen LogP contribution is -2.22. The van der Waals surface area contributed by atoms with Crippen molar-refractivity contribution in [1.29, 1.82) is 5.26 Å². The summed E-state index contributed by atoms with van der Waals surface area (Å²) in [6.07, 6.45) is 0. The number of nitriles is 1. The van der Waals surface area contributed by atoms with E-state index in [2.05, 4.69) is 10.6 Å². The molecule has 0 aromatic heterocycles. The fraction of sp³-hybridized carbons (Fsp3) is 0.417. The molecule has 1 saturated carbocycles. The molecule has 0 bridgehead atoms. The number of benzene rings is 1. The van der Waals surface area contributed by atoms with Crippen LogP contribution in [-0.4, -0.2) is 19.1 Å². The van der Waals surface area contributed by atoms with Gasteiger partial charge in [0.25, 0.3) is 0 Å². The van der Waals surface area contributed by atoms with E-state index in [9.17, 15) is 8.78 Å². The van der Waals surface area contributed by atoms with Crippen LogP contribution in [0.2, 0.25) is 0 Å². The van der Waals surface area contributed by atoms with Gasteiger partial charge in [0.1, 0.15) is 5.69 Å². The quantitative estimate of drug-likeness (QED) is 0.816. The van der Waals surface area contributed by atoms with E-state index in [4.69, 9.17) is 5.26 Å². The Bertz CT molecular complexity index is 476. The first kappa shape index (κ1) is 10.5. The first-order chi connectivity index (χ1) is 8.20. The van der Waals surface area contributed by atoms with E-state index >= 15 is 0 Å². The predicted octanol–water partition coefficient (Wildman–Crippen LogP) is 1.47. The zero-order valence-electron chi connectivity index (χ0n) is 9.00. The number of nitrogens with one attached hydrogen (secondary N) is 2. The van der Waals surface area contributed by atoms with Gasteiger partial charge in [-0.3, -0.25) is 0 Å². The summed E-state index contributed by atoms with van der Waals surface area (Å²) in [4.78, 5) is 0. The number of rotatable bonds is 2. The third-order valence-electron chi connectivity index (χ3n) is 3.57. The van der Waals surface area contributed by atoms with Crippen molar-refractivity contribution in [2.24, 2.45) is 11.8 Å². The van der Waals surface area contributed by atoms with Crippen LogP contribution in [0.25, 0.3) is 0 Å². The van der Waals surface area contributed by atoms with E-state index in [0.717, 1.165) is 25.2 Å². The molecular formula is C12H11F2N3. The second-order valence-corrected chi connectivity index (χ2v) is 4.58. The number of anilines is 1. The normalized spacial score (nSPS) is 29.6. The Morgan fingerprint density at radius 2 is 1.82 bits per heavy atom. The van der Waals surface area contributed by atoms with Gasteiger partial charge in [-0.25, -0.2) is 8.78 Å². The molecule has 2 unspecified atom stereocenters. The maximum absolute atomic E-state index is 13.6. The summed E-state index contributed by atoms with van der Waals surface area (Å²) >= 11 is 0. The molecule has 2 atom stereocenters. The zero-order chi connectivity index (χ0) is 12.0. The lowest BCUT2D eigenvalue weighted by atomic mass is 10.2. The molecule has 1 aromatic carbocycles. The highest BCUT2D eigenvalue weighted by Crippen LogP contribution is 2.44. The van der Waals surface area contributed by atoms with Gasteiger partial charge in [0.05, 0.1) is 11.6 Å². The highest BCUT2D eigenvalue weighted by Gasteiger charge is 2.53. The molecule has 17 heavy (non-hydrogen) atoms. The first-order valence-corrected chi connectivity index (χ1v) is 5.57. The van der Waals surface area contributed by atoms with Gasteiger partial charge < -0.3 is 10.6 Å². The van der Waals surface area contributed by atoms with E-state index in [1.807, 2.05) is 0 Å². The number of fused-ring (bicyclic) bond motifs is 1. The molecule has 0 amide bonds. The van der Waals surface area contributed by atoms with Crippen LogP contribution in [0.4, 0.5) is 14.5 Å². The van der Waals surface area contributed by atoms with Crippen LogP contribution < -0.4 is 10.6 Å². The van der Waals surface area contributed by atoms with Crippen LogP contribution in [0.3, 0.4) is 0 Å². The fourth-order valence-corrected chi connectivity index (χ4v) is 2.57. The van der Waals surface area contributed by atoms with Crippen molar-refractivity contribution in [2.45, 2.75) is 6.04 Å². The Kier molecular flexibility index (Phi) is 2.26. The van der Waals surface area contributed by atoms with Crippen LogP contribution in [0.5, 0.6) is 0 Å². The molecule has 1 saturated heterocycles. The summed E-state index contributed by atoms with van der Waals surface area (Å²) < 4.78 is 27.2. The van der Waals surface area contributed by atoms with Gasteiger partial charge in [0, 0.05) is 19.1 Å². The predicted molar refractivity (Wildman–Crippen MR) is 58.3 cm³/mol. The number of nitrogens with zero attached hydrogens (tertiary/aromatic N) is 1. The number of hydrogen-bond acceptors (Lipinski definition) is 3. The van der Waals surface area contributed by atoms with Gasteiger partial charge in [-0.15, -0.1) is 0 Å². The SMILES string of the molecule is N#Cc1cc(F)c(NC2C3CNCC32)c(F)c1. The standard InChI is InChI=1S/C12H11F2N3/c13-9-1-6(3-15)2-10(14)12(9)17-11-7-4-16-5-8(7)11/h1-2,7-8,11,16-17H,4-5H2. The van der Waals surface area contributed by atoms with Crippen LogP contribution in [0.15, 0.2) is 12.1 Å². The molecular weight excluding hydrogens is 224 g/mol. The lowest BCUT2D eigenvalue weighted by Gasteiger charge is -2.11. The Labute approximate surface area is 97.4 Å². The fourth-order valence-electron chi connectivity index (χ4n) is 2.57. The second-order valence-electron chi connectivity index (χ2n) is 4.58. The van der Waals surface area contributed by atoms with Gasteiger partial charge in [-0.05, 0) is 24.0 Å². The molecule has 2 fully saturated rings. The Balaban J connectivity index is 1.82. The van der Waals surface area contributed by atoms with E-state index in [-0.39, 0.29) is 17.3 Å². The minimum absolute atomic E-state index is 0.00297. The molecule has 1 aliphatic heterocycles. The molecule has 1 aromatic rings. The first-order valence-electron chi connectivity index (χ1n) is 5.57. The summed E-state index contributed by atoms with van der Waals surface area (Å²) in [6, 6.07) is 4.00. The monoisotopic (exact) mass is 235 g/mol. The van der Waals surface area contributed by atoms with Crippen molar-refractivity contribution >= 4 is 5.69 Å². The van der Waals surface area contributed by atoms with Gasteiger partial charge in [-0.2, -0.15) is 5.26 Å². The van der Waals surface area contributed by atoms with Crippen molar-refractivity contribution in [3.63, 3.8) is 0 Å². The molecule has 1 aliphatic carbocycles. The van der Waals surface area contributed by atoms with Crippen molar-refractivity contribution in [2.75, 3.05) is 18.4 Å². The largest absolute Gasteiger partial charge is 0.377 e. The molecule has 0 spiro atoms. The summed E-state index contributed by atoms with van der Waals surface area (Å²) in [5.74, 6) is -0.437. The Morgan fingerprint density at radius 1 is 1.24 bits per heavy atom. The van der Waals surface area contributed by atoms with Crippen LogP contribution in [0, 0.1) is 34.8 Å². The lowest BCUT2D eigenvalue weighted by molar-refractivity contribution is 0.583. The van der Waals surface area contributed by atoms with Crippen LogP contribution in [-0.2, 0) is 0 Å². The molecule has 0 radical (unpaired) electrons. The molecule has 5 heteroatoms. The van der Waals surface area contributed by atoms with E-state index in [0.29, 0.717) is 11.8 Å². The third-order valence-corrected chi connectivity index (χ3v) is 3.57. The molecule has 2 N–H and O–H groups in total. The minimum Gasteiger partial charge on any atom is -0.377 e. The molecule has 3 nitrogen and oxygen atoms in total. The summed E-state index contributed by atoms with van der Waals surface area (Å²) in [7, 11) is 0. The smallest absolute Gasteiger partial charge is 0.150 e. The van der Waals surface area contributed by atoms with Gasteiger partial charge >= 0.3 is 0 Å². The summed E-state index contributed by atoms with van der Waals surface area (Å²) in [5.41, 5.74) is -0.105. The van der Waals surface area contributed by atoms with E-state index in [1.165, 1.54) is 0 Å². The molecule has 3 rings (SSSR count). The molecule has 2 aliphatic rings. The highest BCUT2D eigenvalue weighted by molar-refractivity contribution is 5.52. The third kappa shape index (κ3) is 1.65. The maximum Gasteiger partial charge on any atom is 0.150 e. The van der Waals surface area contributed by atoms with E-state index in [1.54, 1.807) is 6.07 Å². The van der Waals surface area contributed by atoms with Crippen LogP contribution >= 0.6 is 0 Å². The van der Waals surface area contributed by atoms with Gasteiger partial charge in [0.2, 0.25) is 0 Å². The van der Waals surface area contributed by atoms with E-state index < -0.39 is 11.6 Å². The Morgan fingerprint density at radius 3 is 2.35 bits per heavy atom. The van der Waals surface area contributed by atoms with Gasteiger partial charge in [-0.1, -0.05) is 0 Å². The van der Waals surface area contributed by atoms with Crippen molar-refractivity contribution in [3.05, 3.63) is 29.3 Å². The second kappa shape index (κ2) is 3.67. The zero-order valence-corrected chi connectivity index (χ0v) is 9.00. The number of halogens is 2. The highest BCUT2D eigenvalue weighted by atomic mass is 19.1. The number of piperidine rings is 1. The van der Waals surface area contributed by atoms with Crippen molar-refractivity contribution in [1.82, 2.24) is 5.32 Å². The average molecular weight is 235 g/mol. The summed E-state index contributed by atoms with van der Waals surface area (Å²) in [6.45, 7) is 1.81. The molecule has 1 heterocycles. The Hall–Kier alpha value is -1.67. The van der Waals surface area contributed by atoms with Crippen LogP contribution in [0.1, 0.15) is 5.56 Å². The summed E-state index contributed by atoms with van der Waals surface area (Å²) in [5, 5.41) is 14.7. The van der Waals surface area contributed by atoms with Crippen molar-refractivity contribution < 1.29 is 8.78 Å². The topological polar surface area (TPSA) is 47.9 Å². The average Bonchev–Trinajstić information content (AvgIpc) is 2.74. The minimum atomic E-state index is -0.695. The maximum atomic E-state index is 13.6.